The second-order valence-corrected chi connectivity index (χ2v) is 5.01. The lowest BCUT2D eigenvalue weighted by atomic mass is 9.89. The van der Waals surface area contributed by atoms with Gasteiger partial charge < -0.3 is 5.11 Å². The van der Waals surface area contributed by atoms with Crippen molar-refractivity contribution in [2.75, 3.05) is 27.2 Å². The van der Waals surface area contributed by atoms with Crippen molar-refractivity contribution in [3.05, 3.63) is 11.8 Å². The van der Waals surface area contributed by atoms with E-state index in [2.05, 4.69) is 9.98 Å². The van der Waals surface area contributed by atoms with Crippen LogP contribution in [0.3, 0.4) is 0 Å². The van der Waals surface area contributed by atoms with E-state index in [-0.39, 0.29) is 12.5 Å². The zero-order valence-corrected chi connectivity index (χ0v) is 12.5. The average molecular weight is 292 g/mol. The number of imide groups is 1. The van der Waals surface area contributed by atoms with Crippen LogP contribution >= 0.6 is 0 Å². The van der Waals surface area contributed by atoms with Crippen LogP contribution in [0.4, 0.5) is 4.79 Å². The molecule has 114 valence electrons. The van der Waals surface area contributed by atoms with Gasteiger partial charge in [0.2, 0.25) is 5.91 Å². The summed E-state index contributed by atoms with van der Waals surface area (Å²) >= 11 is 0. The first kappa shape index (κ1) is 15.4. The zero-order chi connectivity index (χ0) is 15.6. The van der Waals surface area contributed by atoms with Crippen LogP contribution in [-0.2, 0) is 4.79 Å². The molecule has 2 aliphatic heterocycles. The number of nitrogens with zero attached hydrogens (tertiary/aromatic N) is 4. The molecule has 2 aliphatic rings. The molecule has 7 nitrogen and oxygen atoms in total. The Hall–Kier alpha value is -2.02. The minimum absolute atomic E-state index is 0.0554. The number of allylic oxidation sites excluding steroid dienone is 1. The Morgan fingerprint density at radius 1 is 1.33 bits per heavy atom. The van der Waals surface area contributed by atoms with E-state index in [1.165, 1.54) is 11.9 Å². The molecule has 0 spiro atoms. The number of urea groups is 1. The molecular weight excluding hydrogens is 272 g/mol. The van der Waals surface area contributed by atoms with Gasteiger partial charge in [-0.15, -0.1) is 0 Å². The van der Waals surface area contributed by atoms with Crippen LogP contribution in [0.1, 0.15) is 19.8 Å². The van der Waals surface area contributed by atoms with Crippen LogP contribution in [0.2, 0.25) is 0 Å². The largest absolute Gasteiger partial charge is 0.396 e. The van der Waals surface area contributed by atoms with E-state index < -0.39 is 11.9 Å². The minimum atomic E-state index is -0.628. The SMILES string of the molecule is CCC1=CN=C2C(C(=O)N(C)C(=O)N2C)C1=NCCCO. The molecule has 21 heavy (non-hydrogen) atoms. The number of aliphatic hydroxyl groups excluding tert-OH is 1. The van der Waals surface area contributed by atoms with E-state index in [9.17, 15) is 9.59 Å². The molecule has 0 aromatic rings. The summed E-state index contributed by atoms with van der Waals surface area (Å²) in [4.78, 5) is 35.7. The monoisotopic (exact) mass is 292 g/mol. The van der Waals surface area contributed by atoms with Crippen LogP contribution in [0.25, 0.3) is 0 Å². The fourth-order valence-corrected chi connectivity index (χ4v) is 2.45. The summed E-state index contributed by atoms with van der Waals surface area (Å²) in [6.45, 7) is 2.47. The quantitative estimate of drug-likeness (QED) is 0.772. The molecule has 0 aliphatic carbocycles. The fraction of sp³-hybridized carbons (Fsp3) is 0.571. The Kier molecular flexibility index (Phi) is 4.52. The van der Waals surface area contributed by atoms with Crippen LogP contribution in [0, 0.1) is 5.92 Å². The maximum Gasteiger partial charge on any atom is 0.331 e. The van der Waals surface area contributed by atoms with Gasteiger partial charge in [0.25, 0.3) is 0 Å². The molecule has 2 heterocycles. The number of amides is 3. The van der Waals surface area contributed by atoms with Gasteiger partial charge in [0, 0.05) is 33.4 Å². The standard InChI is InChI=1S/C14H20N4O3/c1-4-9-8-16-12-10(11(9)15-6-5-7-19)13(20)18(3)14(21)17(12)2/h8,10,19H,4-7H2,1-3H3. The fourth-order valence-electron chi connectivity index (χ4n) is 2.45. The summed E-state index contributed by atoms with van der Waals surface area (Å²) in [5.74, 6) is -0.516. The number of hydrogen-bond donors (Lipinski definition) is 1. The summed E-state index contributed by atoms with van der Waals surface area (Å²) in [6.07, 6.45) is 2.92. The molecule has 1 N–H and O–H groups in total. The van der Waals surface area contributed by atoms with E-state index >= 15 is 0 Å². The smallest absolute Gasteiger partial charge is 0.331 e. The molecule has 2 rings (SSSR count). The number of hydrogen-bond acceptors (Lipinski definition) is 5. The maximum absolute atomic E-state index is 12.5. The lowest BCUT2D eigenvalue weighted by Gasteiger charge is -2.37. The van der Waals surface area contributed by atoms with Crippen molar-refractivity contribution >= 4 is 23.5 Å². The third-order valence-corrected chi connectivity index (χ3v) is 3.69. The number of fused-ring (bicyclic) bond motifs is 1. The van der Waals surface area contributed by atoms with Gasteiger partial charge in [-0.25, -0.2) is 9.79 Å². The van der Waals surface area contributed by atoms with Gasteiger partial charge in [0.1, 0.15) is 11.8 Å². The van der Waals surface area contributed by atoms with Crippen molar-refractivity contribution in [2.45, 2.75) is 19.8 Å². The van der Waals surface area contributed by atoms with Crippen molar-refractivity contribution in [3.8, 4) is 0 Å². The Morgan fingerprint density at radius 2 is 2.05 bits per heavy atom. The number of aliphatic imine (C=N–C) groups is 2. The van der Waals surface area contributed by atoms with E-state index in [0.717, 1.165) is 10.5 Å². The van der Waals surface area contributed by atoms with Gasteiger partial charge in [0.15, 0.2) is 0 Å². The number of carbonyl (C=O) groups excluding carboxylic acids is 2. The Balaban J connectivity index is 2.44. The number of rotatable bonds is 4. The van der Waals surface area contributed by atoms with Gasteiger partial charge in [-0.1, -0.05) is 6.92 Å². The molecular formula is C14H20N4O3. The predicted octanol–water partition coefficient (Wildman–Crippen LogP) is 0.656. The average Bonchev–Trinajstić information content (AvgIpc) is 2.50. The highest BCUT2D eigenvalue weighted by atomic mass is 16.3. The van der Waals surface area contributed by atoms with Gasteiger partial charge in [-0.05, 0) is 18.4 Å². The molecule has 1 unspecified atom stereocenters. The van der Waals surface area contributed by atoms with Crippen molar-refractivity contribution < 1.29 is 14.7 Å². The first-order valence-electron chi connectivity index (χ1n) is 7.00. The van der Waals surface area contributed by atoms with Crippen LogP contribution in [0.5, 0.6) is 0 Å². The molecule has 1 atom stereocenters. The summed E-state index contributed by atoms with van der Waals surface area (Å²) in [7, 11) is 3.07. The predicted molar refractivity (Wildman–Crippen MR) is 79.2 cm³/mol. The number of carbonyl (C=O) groups is 2. The lowest BCUT2D eigenvalue weighted by molar-refractivity contribution is -0.128. The summed E-state index contributed by atoms with van der Waals surface area (Å²) in [5, 5.41) is 8.89. The Labute approximate surface area is 123 Å². The topological polar surface area (TPSA) is 85.6 Å². The van der Waals surface area contributed by atoms with Crippen LogP contribution in [0.15, 0.2) is 21.8 Å². The molecule has 1 fully saturated rings. The Bertz CT molecular complexity index is 550. The highest BCUT2D eigenvalue weighted by Crippen LogP contribution is 2.26. The second-order valence-electron chi connectivity index (χ2n) is 5.01. The zero-order valence-electron chi connectivity index (χ0n) is 12.5. The van der Waals surface area contributed by atoms with E-state index in [4.69, 9.17) is 5.11 Å². The maximum atomic E-state index is 12.5. The van der Waals surface area contributed by atoms with Crippen molar-refractivity contribution in [3.63, 3.8) is 0 Å². The van der Waals surface area contributed by atoms with Gasteiger partial charge in [-0.3, -0.25) is 19.6 Å². The molecule has 3 amide bonds. The van der Waals surface area contributed by atoms with Crippen molar-refractivity contribution in [2.24, 2.45) is 15.9 Å². The van der Waals surface area contributed by atoms with Crippen LogP contribution < -0.4 is 0 Å². The first-order chi connectivity index (χ1) is 10.0. The highest BCUT2D eigenvalue weighted by molar-refractivity contribution is 6.33. The number of aliphatic hydroxyl groups is 1. The summed E-state index contributed by atoms with van der Waals surface area (Å²) < 4.78 is 0. The summed E-state index contributed by atoms with van der Waals surface area (Å²) in [6, 6.07) is -0.391. The molecule has 1 saturated heterocycles. The molecule has 0 bridgehead atoms. The van der Waals surface area contributed by atoms with E-state index in [1.807, 2.05) is 6.92 Å². The van der Waals surface area contributed by atoms with Crippen LogP contribution in [-0.4, -0.2) is 65.6 Å². The third-order valence-electron chi connectivity index (χ3n) is 3.69. The van der Waals surface area contributed by atoms with Crippen molar-refractivity contribution in [1.82, 2.24) is 9.80 Å². The first-order valence-corrected chi connectivity index (χ1v) is 7.00. The normalized spacial score (nSPS) is 24.2. The molecule has 7 heteroatoms. The molecule has 0 aromatic heterocycles. The third kappa shape index (κ3) is 2.61. The minimum Gasteiger partial charge on any atom is -0.396 e. The Morgan fingerprint density at radius 3 is 2.67 bits per heavy atom. The number of amidine groups is 1. The molecule has 0 radical (unpaired) electrons. The van der Waals surface area contributed by atoms with E-state index in [1.54, 1.807) is 13.2 Å². The van der Waals surface area contributed by atoms with Gasteiger partial charge >= 0.3 is 6.03 Å². The van der Waals surface area contributed by atoms with E-state index in [0.29, 0.717) is 30.9 Å². The van der Waals surface area contributed by atoms with Crippen molar-refractivity contribution in [1.29, 1.82) is 0 Å². The molecule has 0 aromatic carbocycles. The summed E-state index contributed by atoms with van der Waals surface area (Å²) in [5.41, 5.74) is 1.55. The van der Waals surface area contributed by atoms with Gasteiger partial charge in [-0.2, -0.15) is 0 Å². The highest BCUT2D eigenvalue weighted by Gasteiger charge is 2.45. The second kappa shape index (κ2) is 6.17. The lowest BCUT2D eigenvalue weighted by Crippen LogP contribution is -2.59. The van der Waals surface area contributed by atoms with Gasteiger partial charge in [0.05, 0.1) is 5.71 Å². The molecule has 0 saturated carbocycles.